The number of hydrogen-bond acceptors (Lipinski definition) is 1. The Morgan fingerprint density at radius 3 is 2.24 bits per heavy atom. The summed E-state index contributed by atoms with van der Waals surface area (Å²) in [5.74, 6) is 0. The minimum absolute atomic E-state index is 0.128. The lowest BCUT2D eigenvalue weighted by atomic mass is 9.76. The molecule has 0 bridgehead atoms. The number of furan rings is 1. The molecular formula is C45H33N3O+2. The average molecular weight is 632 g/mol. The van der Waals surface area contributed by atoms with E-state index in [1.807, 2.05) is 0 Å². The van der Waals surface area contributed by atoms with Crippen LogP contribution in [0.15, 0.2) is 144 Å². The number of nitrogens with zero attached hydrogens (tertiary/aromatic N) is 3. The highest BCUT2D eigenvalue weighted by molar-refractivity contribution is 6.33. The zero-order valence-electron chi connectivity index (χ0n) is 27.6. The van der Waals surface area contributed by atoms with Crippen molar-refractivity contribution in [1.29, 1.82) is 0 Å². The molecule has 0 N–H and O–H groups in total. The zero-order chi connectivity index (χ0) is 32.6. The summed E-state index contributed by atoms with van der Waals surface area (Å²) in [7, 11) is 0. The third-order valence-corrected chi connectivity index (χ3v) is 11.7. The second kappa shape index (κ2) is 9.33. The molecule has 2 unspecified atom stereocenters. The van der Waals surface area contributed by atoms with Crippen LogP contribution < -0.4 is 9.13 Å². The van der Waals surface area contributed by atoms with Crippen molar-refractivity contribution in [3.63, 3.8) is 0 Å². The standard InChI is InChI=1S/C45H33N3O/c1-27-14-4-5-15-29(27)38-19-11-13-23-47(38)45(3)28(2)46-22-12-10-18-37(46)35-24-32-33-25-34-30-16-7-9-21-41(30)49-44(34)42-31-17-6-8-20-39(31)48(43(33)42)40(32)26-36(35)45/h4-26,28H,1-3H3/q+2. The third kappa shape index (κ3) is 3.29. The summed E-state index contributed by atoms with van der Waals surface area (Å²) in [5.41, 5.74) is 12.7. The molecule has 0 saturated carbocycles. The van der Waals surface area contributed by atoms with Gasteiger partial charge in [0.05, 0.1) is 27.5 Å². The molecule has 11 rings (SSSR count). The van der Waals surface area contributed by atoms with E-state index in [2.05, 4.69) is 174 Å². The number of rotatable bonds is 2. The van der Waals surface area contributed by atoms with Crippen LogP contribution in [0.1, 0.15) is 31.0 Å². The van der Waals surface area contributed by atoms with E-state index in [1.165, 1.54) is 77.1 Å². The third-order valence-electron chi connectivity index (χ3n) is 11.7. The highest BCUT2D eigenvalue weighted by Gasteiger charge is 2.55. The lowest BCUT2D eigenvalue weighted by molar-refractivity contribution is -0.830. The molecule has 10 aromatic rings. The quantitative estimate of drug-likeness (QED) is 0.174. The van der Waals surface area contributed by atoms with E-state index in [-0.39, 0.29) is 6.04 Å². The maximum atomic E-state index is 6.66. The number of aryl methyl sites for hydroxylation is 1. The van der Waals surface area contributed by atoms with Crippen LogP contribution >= 0.6 is 0 Å². The van der Waals surface area contributed by atoms with Crippen molar-refractivity contribution < 1.29 is 13.6 Å². The summed E-state index contributed by atoms with van der Waals surface area (Å²) in [5, 5.41) is 7.27. The predicted octanol–water partition coefficient (Wildman–Crippen LogP) is 10.3. The predicted molar refractivity (Wildman–Crippen MR) is 198 cm³/mol. The minimum atomic E-state index is -0.414. The molecule has 0 amide bonds. The van der Waals surface area contributed by atoms with Crippen molar-refractivity contribution in [2.45, 2.75) is 32.4 Å². The highest BCUT2D eigenvalue weighted by Crippen LogP contribution is 2.49. The summed E-state index contributed by atoms with van der Waals surface area (Å²) in [6.45, 7) is 7.01. The SMILES string of the molecule is Cc1ccccc1-c1cccc[n+]1C1(C)c2cc3c(cc2-c2cccc[n+]2C1C)c1cc2c4ccccc4oc2c2c4ccccc4n3c12. The van der Waals surface area contributed by atoms with E-state index < -0.39 is 5.54 Å². The number of aromatic nitrogens is 3. The summed E-state index contributed by atoms with van der Waals surface area (Å²) < 4.78 is 14.2. The average Bonchev–Trinajstić information content (AvgIpc) is 3.80. The minimum Gasteiger partial charge on any atom is -0.455 e. The molecular weight excluding hydrogens is 599 g/mol. The molecule has 1 aliphatic heterocycles. The van der Waals surface area contributed by atoms with Gasteiger partial charge in [0.1, 0.15) is 11.2 Å². The van der Waals surface area contributed by atoms with Gasteiger partial charge < -0.3 is 8.82 Å². The highest BCUT2D eigenvalue weighted by atomic mass is 16.3. The van der Waals surface area contributed by atoms with Gasteiger partial charge in [0.15, 0.2) is 12.4 Å². The molecule has 5 aromatic carbocycles. The van der Waals surface area contributed by atoms with Crippen LogP contribution in [0, 0.1) is 6.92 Å². The fraction of sp³-hybridized carbons (Fsp3) is 0.111. The maximum Gasteiger partial charge on any atom is 0.252 e. The summed E-state index contributed by atoms with van der Waals surface area (Å²) >= 11 is 0. The Hall–Kier alpha value is -6.00. The molecule has 2 atom stereocenters. The van der Waals surface area contributed by atoms with Crippen LogP contribution in [-0.2, 0) is 5.54 Å². The van der Waals surface area contributed by atoms with Crippen LogP contribution in [0.4, 0.5) is 0 Å². The number of para-hydroxylation sites is 2. The van der Waals surface area contributed by atoms with Gasteiger partial charge in [0.25, 0.3) is 5.54 Å². The summed E-state index contributed by atoms with van der Waals surface area (Å²) in [6.07, 6.45) is 4.53. The molecule has 5 aromatic heterocycles. The Kier molecular flexibility index (Phi) is 5.14. The first-order valence-electron chi connectivity index (χ1n) is 17.2. The maximum absolute atomic E-state index is 6.66. The van der Waals surface area contributed by atoms with Gasteiger partial charge in [0, 0.05) is 76.2 Å². The summed E-state index contributed by atoms with van der Waals surface area (Å²) in [4.78, 5) is 0. The molecule has 1 aliphatic rings. The molecule has 0 saturated heterocycles. The van der Waals surface area contributed by atoms with Crippen molar-refractivity contribution in [3.05, 3.63) is 151 Å². The smallest absolute Gasteiger partial charge is 0.252 e. The van der Waals surface area contributed by atoms with Crippen molar-refractivity contribution in [3.8, 4) is 22.5 Å². The normalized spacial score (nSPS) is 17.6. The largest absolute Gasteiger partial charge is 0.455 e. The molecule has 232 valence electrons. The van der Waals surface area contributed by atoms with Gasteiger partial charge in [-0.1, -0.05) is 54.6 Å². The number of fused-ring (bicyclic) bond motifs is 13. The summed E-state index contributed by atoms with van der Waals surface area (Å²) in [6, 6.07) is 46.7. The number of pyridine rings is 2. The van der Waals surface area contributed by atoms with Crippen molar-refractivity contribution in [2.75, 3.05) is 0 Å². The Labute approximate surface area is 283 Å². The molecule has 49 heavy (non-hydrogen) atoms. The van der Waals surface area contributed by atoms with Gasteiger partial charge in [-0.25, -0.2) is 0 Å². The van der Waals surface area contributed by atoms with Crippen molar-refractivity contribution in [1.82, 2.24) is 4.40 Å². The first kappa shape index (κ1) is 27.0. The van der Waals surface area contributed by atoms with Crippen LogP contribution in [0.25, 0.3) is 82.5 Å². The van der Waals surface area contributed by atoms with E-state index in [1.54, 1.807) is 0 Å². The van der Waals surface area contributed by atoms with Gasteiger partial charge in [0.2, 0.25) is 17.4 Å². The fourth-order valence-electron chi connectivity index (χ4n) is 9.18. The zero-order valence-corrected chi connectivity index (χ0v) is 27.6. The Morgan fingerprint density at radius 2 is 1.37 bits per heavy atom. The Balaban J connectivity index is 1.32. The van der Waals surface area contributed by atoms with Gasteiger partial charge in [-0.2, -0.15) is 9.13 Å². The van der Waals surface area contributed by atoms with Crippen LogP contribution in [0.3, 0.4) is 0 Å². The molecule has 0 radical (unpaired) electrons. The second-order valence-corrected chi connectivity index (χ2v) is 14.0. The van der Waals surface area contributed by atoms with Crippen molar-refractivity contribution in [2.24, 2.45) is 0 Å². The first-order chi connectivity index (χ1) is 24.0. The topological polar surface area (TPSA) is 25.3 Å². The van der Waals surface area contributed by atoms with E-state index in [9.17, 15) is 0 Å². The van der Waals surface area contributed by atoms with Gasteiger partial charge in [-0.05, 0) is 61.0 Å². The fourth-order valence-corrected chi connectivity index (χ4v) is 9.18. The lowest BCUT2D eigenvalue weighted by Gasteiger charge is -2.34. The number of hydrogen-bond donors (Lipinski definition) is 0. The molecule has 0 aliphatic carbocycles. The second-order valence-electron chi connectivity index (χ2n) is 14.0. The lowest BCUT2D eigenvalue weighted by Crippen LogP contribution is -2.67. The van der Waals surface area contributed by atoms with E-state index in [0.29, 0.717) is 0 Å². The van der Waals surface area contributed by atoms with Crippen LogP contribution in [-0.4, -0.2) is 4.40 Å². The Morgan fingerprint density at radius 1 is 0.633 bits per heavy atom. The van der Waals surface area contributed by atoms with Gasteiger partial charge in [-0.3, -0.25) is 0 Å². The molecule has 4 nitrogen and oxygen atoms in total. The van der Waals surface area contributed by atoms with Gasteiger partial charge in [-0.15, -0.1) is 0 Å². The molecule has 0 spiro atoms. The molecule has 0 fully saturated rings. The van der Waals surface area contributed by atoms with Gasteiger partial charge >= 0.3 is 0 Å². The van der Waals surface area contributed by atoms with E-state index >= 15 is 0 Å². The number of benzene rings is 5. The Bertz CT molecular complexity index is 3000. The van der Waals surface area contributed by atoms with E-state index in [4.69, 9.17) is 4.42 Å². The molecule has 6 heterocycles. The van der Waals surface area contributed by atoms with Crippen LogP contribution in [0.2, 0.25) is 0 Å². The first-order valence-corrected chi connectivity index (χ1v) is 17.2. The molecule has 4 heteroatoms. The van der Waals surface area contributed by atoms with E-state index in [0.717, 1.165) is 16.6 Å². The van der Waals surface area contributed by atoms with Crippen LogP contribution in [0.5, 0.6) is 0 Å². The van der Waals surface area contributed by atoms with Crippen molar-refractivity contribution >= 4 is 60.0 Å². The monoisotopic (exact) mass is 631 g/mol.